The molecular formula is C34H42N4O2. The van der Waals surface area contributed by atoms with E-state index in [-0.39, 0.29) is 11.5 Å². The SMILES string of the molecule is Cc1cc(C)cc(Cn2c(=O)c3cccn3c3ccc(C(=O)N4CCC(CCCC5CCNCC5)CC4)cc32)c1. The Labute approximate surface area is 237 Å². The molecule has 0 aliphatic carbocycles. The Hall–Kier alpha value is -3.38. The highest BCUT2D eigenvalue weighted by Gasteiger charge is 2.25. The molecule has 4 aromatic rings. The monoisotopic (exact) mass is 538 g/mol. The van der Waals surface area contributed by atoms with Crippen LogP contribution < -0.4 is 10.9 Å². The van der Waals surface area contributed by atoms with Crippen molar-refractivity contribution >= 4 is 22.5 Å². The second kappa shape index (κ2) is 11.6. The lowest BCUT2D eigenvalue weighted by molar-refractivity contribution is 0.0685. The predicted molar refractivity (Wildman–Crippen MR) is 162 cm³/mol. The molecule has 2 aromatic carbocycles. The average molecular weight is 539 g/mol. The number of piperidine rings is 2. The van der Waals surface area contributed by atoms with Crippen molar-refractivity contribution in [3.05, 3.63) is 87.3 Å². The molecule has 40 heavy (non-hydrogen) atoms. The first-order valence-corrected chi connectivity index (χ1v) is 15.2. The Morgan fingerprint density at radius 1 is 0.850 bits per heavy atom. The minimum atomic E-state index is -0.0356. The smallest absolute Gasteiger partial charge is 0.275 e. The van der Waals surface area contributed by atoms with Crippen molar-refractivity contribution in [3.63, 3.8) is 0 Å². The third kappa shape index (κ3) is 5.60. The lowest BCUT2D eigenvalue weighted by atomic mass is 9.87. The Kier molecular flexibility index (Phi) is 7.79. The van der Waals surface area contributed by atoms with Crippen LogP contribution in [0.4, 0.5) is 0 Å². The first kappa shape index (κ1) is 26.8. The summed E-state index contributed by atoms with van der Waals surface area (Å²) in [5.74, 6) is 1.70. The Balaban J connectivity index is 1.20. The number of amides is 1. The second-order valence-electron chi connectivity index (χ2n) is 12.2. The number of nitrogens with one attached hydrogen (secondary N) is 1. The van der Waals surface area contributed by atoms with Crippen molar-refractivity contribution < 1.29 is 4.79 Å². The first-order chi connectivity index (χ1) is 19.5. The molecule has 0 atom stereocenters. The van der Waals surface area contributed by atoms with E-state index < -0.39 is 0 Å². The molecule has 4 heterocycles. The molecule has 1 amide bonds. The van der Waals surface area contributed by atoms with Crippen LogP contribution in [0.5, 0.6) is 0 Å². The van der Waals surface area contributed by atoms with E-state index in [1.165, 1.54) is 56.3 Å². The van der Waals surface area contributed by atoms with Crippen LogP contribution in [-0.4, -0.2) is 46.0 Å². The highest BCUT2D eigenvalue weighted by Crippen LogP contribution is 2.27. The van der Waals surface area contributed by atoms with Gasteiger partial charge in [0.2, 0.25) is 0 Å². The first-order valence-electron chi connectivity index (χ1n) is 15.2. The van der Waals surface area contributed by atoms with Gasteiger partial charge in [0.25, 0.3) is 11.5 Å². The van der Waals surface area contributed by atoms with Crippen molar-refractivity contribution in [2.45, 2.75) is 65.3 Å². The zero-order chi connectivity index (χ0) is 27.6. The fraction of sp³-hybridized carbons (Fsp3) is 0.471. The summed E-state index contributed by atoms with van der Waals surface area (Å²) in [5, 5.41) is 3.46. The summed E-state index contributed by atoms with van der Waals surface area (Å²) in [4.78, 5) is 29.3. The fourth-order valence-electron chi connectivity index (χ4n) is 7.06. The van der Waals surface area contributed by atoms with Crippen LogP contribution in [0.25, 0.3) is 16.6 Å². The topological polar surface area (TPSA) is 58.8 Å². The van der Waals surface area contributed by atoms with Gasteiger partial charge in [0, 0.05) is 24.8 Å². The van der Waals surface area contributed by atoms with Crippen molar-refractivity contribution in [1.82, 2.24) is 19.2 Å². The molecule has 6 heteroatoms. The number of nitrogens with zero attached hydrogens (tertiary/aromatic N) is 3. The molecule has 1 N–H and O–H groups in total. The van der Waals surface area contributed by atoms with Crippen LogP contribution in [0.15, 0.2) is 59.5 Å². The number of hydrogen-bond acceptors (Lipinski definition) is 3. The van der Waals surface area contributed by atoms with Gasteiger partial charge in [0.1, 0.15) is 5.52 Å². The lowest BCUT2D eigenvalue weighted by Crippen LogP contribution is -2.38. The standard InChI is InChI=1S/C34H42N4O2/c1-24-19-25(2)21-28(20-24)23-38-32-22-29(8-9-30(32)37-16-4-7-31(37)34(38)40)33(39)36-17-12-27(13-18-36)6-3-5-26-10-14-35-15-11-26/h4,7-9,16,19-22,26-27,35H,3,5-6,10-15,17-18,23H2,1-2H3. The zero-order valence-electron chi connectivity index (χ0n) is 24.0. The maximum absolute atomic E-state index is 13.7. The number of carbonyl (C=O) groups is 1. The summed E-state index contributed by atoms with van der Waals surface area (Å²) in [7, 11) is 0. The van der Waals surface area contributed by atoms with E-state index in [0.29, 0.717) is 17.6 Å². The summed E-state index contributed by atoms with van der Waals surface area (Å²) >= 11 is 0. The van der Waals surface area contributed by atoms with E-state index in [1.807, 2.05) is 50.4 Å². The van der Waals surface area contributed by atoms with Crippen LogP contribution in [0.1, 0.15) is 72.0 Å². The molecule has 2 aromatic heterocycles. The third-order valence-corrected chi connectivity index (χ3v) is 9.19. The second-order valence-corrected chi connectivity index (χ2v) is 12.2. The van der Waals surface area contributed by atoms with Gasteiger partial charge in [-0.25, -0.2) is 0 Å². The minimum absolute atomic E-state index is 0.0356. The van der Waals surface area contributed by atoms with E-state index >= 15 is 0 Å². The van der Waals surface area contributed by atoms with Crippen molar-refractivity contribution in [2.24, 2.45) is 11.8 Å². The summed E-state index contributed by atoms with van der Waals surface area (Å²) in [5.41, 5.74) is 6.47. The molecule has 2 aliphatic rings. The summed E-state index contributed by atoms with van der Waals surface area (Å²) < 4.78 is 3.78. The fourth-order valence-corrected chi connectivity index (χ4v) is 7.06. The molecule has 210 valence electrons. The van der Waals surface area contributed by atoms with Gasteiger partial charge < -0.3 is 19.2 Å². The summed E-state index contributed by atoms with van der Waals surface area (Å²) in [6, 6.07) is 16.1. The highest BCUT2D eigenvalue weighted by atomic mass is 16.2. The lowest BCUT2D eigenvalue weighted by Gasteiger charge is -2.32. The van der Waals surface area contributed by atoms with Crippen LogP contribution >= 0.6 is 0 Å². The summed E-state index contributed by atoms with van der Waals surface area (Å²) in [6.07, 6.45) is 10.7. The predicted octanol–water partition coefficient (Wildman–Crippen LogP) is 5.94. The average Bonchev–Trinajstić information content (AvgIpc) is 3.46. The number of hydrogen-bond donors (Lipinski definition) is 1. The van der Waals surface area contributed by atoms with Crippen LogP contribution in [-0.2, 0) is 6.54 Å². The molecular weight excluding hydrogens is 496 g/mol. The molecule has 0 unspecified atom stereocenters. The molecule has 6 rings (SSSR count). The highest BCUT2D eigenvalue weighted by molar-refractivity contribution is 5.97. The van der Waals surface area contributed by atoms with E-state index in [9.17, 15) is 9.59 Å². The number of rotatable bonds is 7. The summed E-state index contributed by atoms with van der Waals surface area (Å²) in [6.45, 7) is 8.64. The maximum atomic E-state index is 13.7. The number of aromatic nitrogens is 2. The quantitative estimate of drug-likeness (QED) is 0.317. The van der Waals surface area contributed by atoms with Gasteiger partial charge >= 0.3 is 0 Å². The number of aryl methyl sites for hydroxylation is 2. The third-order valence-electron chi connectivity index (χ3n) is 9.19. The van der Waals surface area contributed by atoms with Gasteiger partial charge in [0.05, 0.1) is 17.6 Å². The van der Waals surface area contributed by atoms with E-state index in [2.05, 4.69) is 37.4 Å². The van der Waals surface area contributed by atoms with Crippen molar-refractivity contribution in [2.75, 3.05) is 26.2 Å². The number of fused-ring (bicyclic) bond motifs is 3. The van der Waals surface area contributed by atoms with Gasteiger partial charge in [-0.2, -0.15) is 0 Å². The van der Waals surface area contributed by atoms with Crippen molar-refractivity contribution in [1.29, 1.82) is 0 Å². The molecule has 6 nitrogen and oxygen atoms in total. The zero-order valence-corrected chi connectivity index (χ0v) is 24.0. The largest absolute Gasteiger partial charge is 0.339 e. The van der Waals surface area contributed by atoms with Gasteiger partial charge in [0.15, 0.2) is 0 Å². The van der Waals surface area contributed by atoms with Crippen LogP contribution in [0, 0.1) is 25.7 Å². The van der Waals surface area contributed by atoms with Gasteiger partial charge in [-0.3, -0.25) is 9.59 Å². The number of benzene rings is 2. The Morgan fingerprint density at radius 2 is 1.55 bits per heavy atom. The van der Waals surface area contributed by atoms with E-state index in [1.54, 1.807) is 0 Å². The molecule has 2 aliphatic heterocycles. The molecule has 0 radical (unpaired) electrons. The van der Waals surface area contributed by atoms with Crippen LogP contribution in [0.3, 0.4) is 0 Å². The maximum Gasteiger partial charge on any atom is 0.275 e. The number of likely N-dealkylation sites (tertiary alicyclic amines) is 1. The van der Waals surface area contributed by atoms with Crippen LogP contribution in [0.2, 0.25) is 0 Å². The van der Waals surface area contributed by atoms with Crippen molar-refractivity contribution in [3.8, 4) is 0 Å². The van der Waals surface area contributed by atoms with E-state index in [0.717, 1.165) is 54.4 Å². The molecule has 2 saturated heterocycles. The number of carbonyl (C=O) groups excluding carboxylic acids is 1. The van der Waals surface area contributed by atoms with E-state index in [4.69, 9.17) is 0 Å². The van der Waals surface area contributed by atoms with Gasteiger partial charge in [-0.1, -0.05) is 48.6 Å². The van der Waals surface area contributed by atoms with Gasteiger partial charge in [-0.15, -0.1) is 0 Å². The Bertz CT molecular complexity index is 1550. The van der Waals surface area contributed by atoms with Gasteiger partial charge in [-0.05, 0) is 100 Å². The normalized spacial score (nSPS) is 17.2. The minimum Gasteiger partial charge on any atom is -0.339 e. The molecule has 0 bridgehead atoms. The Morgan fingerprint density at radius 3 is 2.27 bits per heavy atom. The molecule has 2 fully saturated rings. The molecule has 0 spiro atoms. The molecule has 0 saturated carbocycles.